The average Bonchev–Trinajstić information content (AvgIpc) is 2.17. The molecule has 76 valence electrons. The average molecular weight is 193 g/mol. The highest BCUT2D eigenvalue weighted by Gasteiger charge is 1.95. The summed E-state index contributed by atoms with van der Waals surface area (Å²) >= 11 is 0. The Balaban J connectivity index is 2.46. The number of oxime groups is 1. The molecule has 0 radical (unpaired) electrons. The smallest absolute Gasteiger partial charge is 0.129 e. The van der Waals surface area contributed by atoms with Gasteiger partial charge in [0.1, 0.15) is 19.5 Å². The van der Waals surface area contributed by atoms with Gasteiger partial charge in [0.05, 0.1) is 5.71 Å². The second kappa shape index (κ2) is 5.27. The number of hydrogen-bond donors (Lipinski definition) is 0. The molecular weight excluding hydrogens is 178 g/mol. The SMILES string of the molecule is CO/N=C(\C)COc1ccc(C)cc1. The van der Waals surface area contributed by atoms with E-state index < -0.39 is 0 Å². The van der Waals surface area contributed by atoms with Crippen molar-refractivity contribution in [1.29, 1.82) is 0 Å². The van der Waals surface area contributed by atoms with Crippen LogP contribution in [0.4, 0.5) is 0 Å². The molecule has 0 unspecified atom stereocenters. The van der Waals surface area contributed by atoms with Crippen molar-refractivity contribution >= 4 is 5.71 Å². The van der Waals surface area contributed by atoms with E-state index in [1.807, 2.05) is 38.1 Å². The molecule has 0 amide bonds. The first kappa shape index (κ1) is 10.6. The summed E-state index contributed by atoms with van der Waals surface area (Å²) in [6.07, 6.45) is 0. The summed E-state index contributed by atoms with van der Waals surface area (Å²) < 4.78 is 5.46. The summed E-state index contributed by atoms with van der Waals surface area (Å²) in [5, 5.41) is 3.75. The van der Waals surface area contributed by atoms with Gasteiger partial charge in [0.2, 0.25) is 0 Å². The number of nitrogens with zero attached hydrogens (tertiary/aromatic N) is 1. The van der Waals surface area contributed by atoms with Crippen LogP contribution in [-0.4, -0.2) is 19.4 Å². The molecule has 0 aromatic heterocycles. The van der Waals surface area contributed by atoms with E-state index in [9.17, 15) is 0 Å². The van der Waals surface area contributed by atoms with Crippen LogP contribution in [0.2, 0.25) is 0 Å². The molecule has 14 heavy (non-hydrogen) atoms. The number of aryl methyl sites for hydroxylation is 1. The van der Waals surface area contributed by atoms with Crippen LogP contribution in [0.5, 0.6) is 5.75 Å². The van der Waals surface area contributed by atoms with Gasteiger partial charge in [-0.2, -0.15) is 0 Å². The maximum atomic E-state index is 5.46. The zero-order valence-electron chi connectivity index (χ0n) is 8.78. The molecular formula is C11H15NO2. The molecule has 0 atom stereocenters. The van der Waals surface area contributed by atoms with E-state index in [0.717, 1.165) is 11.5 Å². The van der Waals surface area contributed by atoms with Crippen molar-refractivity contribution in [2.45, 2.75) is 13.8 Å². The fourth-order valence-electron chi connectivity index (χ4n) is 1.00. The second-order valence-electron chi connectivity index (χ2n) is 3.11. The lowest BCUT2D eigenvalue weighted by Gasteiger charge is -2.05. The quantitative estimate of drug-likeness (QED) is 0.543. The highest BCUT2D eigenvalue weighted by molar-refractivity contribution is 5.82. The molecule has 3 heteroatoms. The van der Waals surface area contributed by atoms with Gasteiger partial charge in [-0.3, -0.25) is 0 Å². The number of ether oxygens (including phenoxy) is 1. The van der Waals surface area contributed by atoms with E-state index in [1.54, 1.807) is 0 Å². The Morgan fingerprint density at radius 1 is 1.29 bits per heavy atom. The largest absolute Gasteiger partial charge is 0.488 e. The molecule has 0 heterocycles. The normalized spacial score (nSPS) is 11.2. The van der Waals surface area contributed by atoms with Crippen LogP contribution < -0.4 is 4.74 Å². The Bertz CT molecular complexity index is 304. The predicted octanol–water partition coefficient (Wildman–Crippen LogP) is 2.40. The van der Waals surface area contributed by atoms with Gasteiger partial charge in [0.15, 0.2) is 0 Å². The first-order valence-electron chi connectivity index (χ1n) is 4.48. The van der Waals surface area contributed by atoms with Gasteiger partial charge >= 0.3 is 0 Å². The highest BCUT2D eigenvalue weighted by Crippen LogP contribution is 2.11. The molecule has 1 rings (SSSR count). The first-order chi connectivity index (χ1) is 6.72. The maximum Gasteiger partial charge on any atom is 0.129 e. The summed E-state index contributed by atoms with van der Waals surface area (Å²) in [7, 11) is 1.52. The Morgan fingerprint density at radius 3 is 2.50 bits per heavy atom. The minimum absolute atomic E-state index is 0.455. The van der Waals surface area contributed by atoms with Gasteiger partial charge in [-0.1, -0.05) is 22.9 Å². The van der Waals surface area contributed by atoms with Crippen LogP contribution in [-0.2, 0) is 4.84 Å². The lowest BCUT2D eigenvalue weighted by Crippen LogP contribution is -2.07. The van der Waals surface area contributed by atoms with E-state index in [4.69, 9.17) is 4.74 Å². The minimum Gasteiger partial charge on any atom is -0.488 e. The lowest BCUT2D eigenvalue weighted by molar-refractivity contribution is 0.209. The molecule has 0 saturated carbocycles. The Kier molecular flexibility index (Phi) is 3.98. The van der Waals surface area contributed by atoms with Crippen LogP contribution in [0.1, 0.15) is 12.5 Å². The van der Waals surface area contributed by atoms with Gasteiger partial charge in [-0.15, -0.1) is 0 Å². The third-order valence-electron chi connectivity index (χ3n) is 1.72. The van der Waals surface area contributed by atoms with Crippen LogP contribution >= 0.6 is 0 Å². The molecule has 1 aromatic carbocycles. The summed E-state index contributed by atoms with van der Waals surface area (Å²) in [6.45, 7) is 4.36. The molecule has 0 aliphatic heterocycles. The minimum atomic E-state index is 0.455. The summed E-state index contributed by atoms with van der Waals surface area (Å²) in [6, 6.07) is 7.90. The monoisotopic (exact) mass is 193 g/mol. The van der Waals surface area contributed by atoms with Crippen LogP contribution in [0.15, 0.2) is 29.4 Å². The molecule has 0 spiro atoms. The lowest BCUT2D eigenvalue weighted by atomic mass is 10.2. The van der Waals surface area contributed by atoms with E-state index in [-0.39, 0.29) is 0 Å². The Labute approximate surface area is 84.3 Å². The van der Waals surface area contributed by atoms with Gasteiger partial charge < -0.3 is 9.57 Å². The molecule has 1 aromatic rings. The van der Waals surface area contributed by atoms with Gasteiger partial charge in [-0.25, -0.2) is 0 Å². The van der Waals surface area contributed by atoms with Crippen LogP contribution in [0, 0.1) is 6.92 Å². The van der Waals surface area contributed by atoms with Crippen LogP contribution in [0.25, 0.3) is 0 Å². The third kappa shape index (κ3) is 3.47. The van der Waals surface area contributed by atoms with Crippen molar-refractivity contribution < 1.29 is 9.57 Å². The summed E-state index contributed by atoms with van der Waals surface area (Å²) in [5.41, 5.74) is 2.03. The zero-order valence-corrected chi connectivity index (χ0v) is 8.78. The number of benzene rings is 1. The van der Waals surface area contributed by atoms with Crippen molar-refractivity contribution in [3.05, 3.63) is 29.8 Å². The molecule has 3 nitrogen and oxygen atoms in total. The molecule has 0 saturated heterocycles. The number of hydrogen-bond acceptors (Lipinski definition) is 3. The van der Waals surface area contributed by atoms with Gasteiger partial charge in [-0.05, 0) is 26.0 Å². The van der Waals surface area contributed by atoms with Crippen molar-refractivity contribution in [2.75, 3.05) is 13.7 Å². The second-order valence-corrected chi connectivity index (χ2v) is 3.11. The Morgan fingerprint density at radius 2 is 1.93 bits per heavy atom. The van der Waals surface area contributed by atoms with Crippen LogP contribution in [0.3, 0.4) is 0 Å². The van der Waals surface area contributed by atoms with Gasteiger partial charge in [0, 0.05) is 0 Å². The third-order valence-corrected chi connectivity index (χ3v) is 1.72. The van der Waals surface area contributed by atoms with E-state index in [0.29, 0.717) is 6.61 Å². The van der Waals surface area contributed by atoms with E-state index >= 15 is 0 Å². The first-order valence-corrected chi connectivity index (χ1v) is 4.48. The summed E-state index contributed by atoms with van der Waals surface area (Å²) in [4.78, 5) is 4.62. The van der Waals surface area contributed by atoms with Crippen molar-refractivity contribution in [2.24, 2.45) is 5.16 Å². The standard InChI is InChI=1S/C11H15NO2/c1-9-4-6-11(7-5-9)14-8-10(2)12-13-3/h4-7H,8H2,1-3H3/b12-10+. The fourth-order valence-corrected chi connectivity index (χ4v) is 1.00. The zero-order chi connectivity index (χ0) is 10.4. The molecule has 0 bridgehead atoms. The van der Waals surface area contributed by atoms with Crippen molar-refractivity contribution in [3.63, 3.8) is 0 Å². The molecule has 0 fully saturated rings. The molecule has 0 aliphatic rings. The predicted molar refractivity (Wildman–Crippen MR) is 56.8 cm³/mol. The maximum absolute atomic E-state index is 5.46. The highest BCUT2D eigenvalue weighted by atomic mass is 16.6. The fraction of sp³-hybridized carbons (Fsp3) is 0.364. The van der Waals surface area contributed by atoms with Crippen molar-refractivity contribution in [3.8, 4) is 5.75 Å². The van der Waals surface area contributed by atoms with E-state index in [2.05, 4.69) is 9.99 Å². The topological polar surface area (TPSA) is 30.8 Å². The molecule has 0 aliphatic carbocycles. The van der Waals surface area contributed by atoms with E-state index in [1.165, 1.54) is 12.7 Å². The number of rotatable bonds is 4. The summed E-state index contributed by atoms with van der Waals surface area (Å²) in [5.74, 6) is 0.848. The Hall–Kier alpha value is -1.51. The molecule has 0 N–H and O–H groups in total. The van der Waals surface area contributed by atoms with Crippen molar-refractivity contribution in [1.82, 2.24) is 0 Å². The van der Waals surface area contributed by atoms with Gasteiger partial charge in [0.25, 0.3) is 0 Å².